The molecular weight excluding hydrogens is 355 g/mol. The van der Waals surface area contributed by atoms with Crippen LogP contribution >= 0.6 is 0 Å². The lowest BCUT2D eigenvalue weighted by Gasteiger charge is -2.21. The summed E-state index contributed by atoms with van der Waals surface area (Å²) in [6.07, 6.45) is 0. The number of para-hydroxylation sites is 1. The second kappa shape index (κ2) is 9.33. The summed E-state index contributed by atoms with van der Waals surface area (Å²) >= 11 is 0. The highest BCUT2D eigenvalue weighted by Gasteiger charge is 2.22. The van der Waals surface area contributed by atoms with Gasteiger partial charge in [0.05, 0.1) is 12.2 Å². The van der Waals surface area contributed by atoms with Gasteiger partial charge in [0, 0.05) is 11.4 Å². The second-order valence-corrected chi connectivity index (χ2v) is 5.43. The fourth-order valence-corrected chi connectivity index (χ4v) is 2.27. The number of amides is 1. The van der Waals surface area contributed by atoms with Crippen LogP contribution in [0.25, 0.3) is 0 Å². The average Bonchev–Trinajstić information content (AvgIpc) is 2.65. The van der Waals surface area contributed by atoms with Crippen LogP contribution in [0.2, 0.25) is 0 Å². The number of nitrogens with zero attached hydrogens (tertiary/aromatic N) is 1. The Morgan fingerprint density at radius 2 is 1.78 bits per heavy atom. The minimum atomic E-state index is -0.870. The predicted molar refractivity (Wildman–Crippen MR) is 96.5 cm³/mol. The fourth-order valence-electron chi connectivity index (χ4n) is 2.27. The number of anilines is 2. The highest BCUT2D eigenvalue weighted by molar-refractivity contribution is 6.01. The summed E-state index contributed by atoms with van der Waals surface area (Å²) in [4.78, 5) is 37.5. The molecule has 2 rings (SSSR count). The van der Waals surface area contributed by atoms with Crippen LogP contribution in [0.1, 0.15) is 17.3 Å². The van der Waals surface area contributed by atoms with Gasteiger partial charge in [-0.1, -0.05) is 18.2 Å². The molecule has 0 unspecified atom stereocenters. The van der Waals surface area contributed by atoms with Crippen molar-refractivity contribution in [2.45, 2.75) is 6.92 Å². The number of hydrogen-bond donors (Lipinski definition) is 1. The van der Waals surface area contributed by atoms with Gasteiger partial charge in [0.15, 0.2) is 6.61 Å². The van der Waals surface area contributed by atoms with Gasteiger partial charge >= 0.3 is 11.9 Å². The van der Waals surface area contributed by atoms with Crippen LogP contribution in [-0.2, 0) is 19.1 Å². The Hall–Kier alpha value is -3.42. The molecule has 0 aliphatic rings. The maximum absolute atomic E-state index is 13.1. The van der Waals surface area contributed by atoms with E-state index in [1.165, 1.54) is 6.07 Å². The van der Waals surface area contributed by atoms with E-state index in [0.717, 1.165) is 17.0 Å². The number of esters is 2. The van der Waals surface area contributed by atoms with Crippen molar-refractivity contribution >= 4 is 29.2 Å². The van der Waals surface area contributed by atoms with Crippen molar-refractivity contribution in [2.75, 3.05) is 30.4 Å². The van der Waals surface area contributed by atoms with Crippen LogP contribution in [0, 0.1) is 5.82 Å². The van der Waals surface area contributed by atoms with Gasteiger partial charge in [0.25, 0.3) is 5.91 Å². The molecule has 2 aromatic carbocycles. The van der Waals surface area contributed by atoms with E-state index >= 15 is 0 Å². The fraction of sp³-hybridized carbons (Fsp3) is 0.211. The number of carbonyl (C=O) groups excluding carboxylic acids is 3. The molecule has 0 bridgehead atoms. The number of hydrogen-bond acceptors (Lipinski definition) is 6. The third-order valence-corrected chi connectivity index (χ3v) is 3.52. The van der Waals surface area contributed by atoms with Gasteiger partial charge in [0.1, 0.15) is 12.4 Å². The normalized spacial score (nSPS) is 10.1. The summed E-state index contributed by atoms with van der Waals surface area (Å²) in [7, 11) is 0. The highest BCUT2D eigenvalue weighted by atomic mass is 19.1. The number of carbonyl (C=O) groups is 3. The van der Waals surface area contributed by atoms with Crippen LogP contribution in [0.5, 0.6) is 0 Å². The van der Waals surface area contributed by atoms with Gasteiger partial charge in [-0.05, 0) is 37.3 Å². The molecular formula is C19H19FN2O5. The molecule has 27 heavy (non-hydrogen) atoms. The molecule has 142 valence electrons. The van der Waals surface area contributed by atoms with Crippen LogP contribution < -0.4 is 10.6 Å². The summed E-state index contributed by atoms with van der Waals surface area (Å²) in [6, 6.07) is 11.6. The van der Waals surface area contributed by atoms with E-state index in [1.54, 1.807) is 37.3 Å². The van der Waals surface area contributed by atoms with E-state index < -0.39 is 30.3 Å². The van der Waals surface area contributed by atoms with Gasteiger partial charge in [0.2, 0.25) is 0 Å². The molecule has 2 N–H and O–H groups in total. The Bertz CT molecular complexity index is 826. The summed E-state index contributed by atoms with van der Waals surface area (Å²) < 4.78 is 22.9. The van der Waals surface area contributed by atoms with E-state index in [1.807, 2.05) is 0 Å². The van der Waals surface area contributed by atoms with E-state index in [4.69, 9.17) is 15.2 Å². The van der Waals surface area contributed by atoms with Crippen molar-refractivity contribution in [3.8, 4) is 0 Å². The Morgan fingerprint density at radius 3 is 2.41 bits per heavy atom. The van der Waals surface area contributed by atoms with Crippen LogP contribution in [-0.4, -0.2) is 37.6 Å². The van der Waals surface area contributed by atoms with Crippen molar-refractivity contribution < 1.29 is 28.2 Å². The first-order chi connectivity index (χ1) is 12.9. The zero-order chi connectivity index (χ0) is 19.8. The van der Waals surface area contributed by atoms with Crippen molar-refractivity contribution in [2.24, 2.45) is 0 Å². The number of nitrogens with two attached hydrogens (primary N) is 1. The quantitative estimate of drug-likeness (QED) is 0.589. The van der Waals surface area contributed by atoms with Crippen molar-refractivity contribution in [1.29, 1.82) is 0 Å². The first-order valence-electron chi connectivity index (χ1n) is 8.15. The summed E-state index contributed by atoms with van der Waals surface area (Å²) in [5.41, 5.74) is 5.88. The predicted octanol–water partition coefficient (Wildman–Crippen LogP) is 2.16. The molecule has 0 radical (unpaired) electrons. The topological polar surface area (TPSA) is 98.9 Å². The van der Waals surface area contributed by atoms with Gasteiger partial charge in [-0.3, -0.25) is 14.5 Å². The van der Waals surface area contributed by atoms with Crippen molar-refractivity contribution in [1.82, 2.24) is 0 Å². The number of benzene rings is 2. The summed E-state index contributed by atoms with van der Waals surface area (Å²) in [5.74, 6) is -2.68. The highest BCUT2D eigenvalue weighted by Crippen LogP contribution is 2.16. The molecule has 0 aliphatic carbocycles. The smallest absolute Gasteiger partial charge is 0.340 e. The molecule has 8 heteroatoms. The zero-order valence-corrected chi connectivity index (χ0v) is 14.7. The van der Waals surface area contributed by atoms with Crippen molar-refractivity contribution in [3.05, 3.63) is 59.9 Å². The Labute approximate surface area is 155 Å². The number of nitrogen functional groups attached to an aromatic ring is 1. The summed E-state index contributed by atoms with van der Waals surface area (Å²) in [5, 5.41) is 0. The van der Waals surface area contributed by atoms with E-state index in [2.05, 4.69) is 0 Å². The third-order valence-electron chi connectivity index (χ3n) is 3.52. The lowest BCUT2D eigenvalue weighted by molar-refractivity contribution is -0.142. The molecule has 0 aromatic heterocycles. The monoisotopic (exact) mass is 374 g/mol. The van der Waals surface area contributed by atoms with E-state index in [9.17, 15) is 18.8 Å². The molecule has 2 aromatic rings. The van der Waals surface area contributed by atoms with Gasteiger partial charge in [-0.15, -0.1) is 0 Å². The van der Waals surface area contributed by atoms with Gasteiger partial charge in [-0.2, -0.15) is 0 Å². The standard InChI is InChI=1S/C19H19FN2O5/c1-2-26-18(24)11-22(14-6-4-3-5-7-14)17(23)12-27-19(25)15-9-8-13(20)10-16(15)21/h3-10H,2,11-12,21H2,1H3. The molecule has 0 heterocycles. The molecule has 0 aliphatic heterocycles. The Balaban J connectivity index is 2.08. The molecule has 7 nitrogen and oxygen atoms in total. The van der Waals surface area contributed by atoms with Crippen molar-refractivity contribution in [3.63, 3.8) is 0 Å². The molecule has 0 atom stereocenters. The number of ether oxygens (including phenoxy) is 2. The number of rotatable bonds is 7. The Kier molecular flexibility index (Phi) is 6.87. The Morgan fingerprint density at radius 1 is 1.07 bits per heavy atom. The van der Waals surface area contributed by atoms with Crippen LogP contribution in [0.4, 0.5) is 15.8 Å². The van der Waals surface area contributed by atoms with E-state index in [0.29, 0.717) is 5.69 Å². The molecule has 1 amide bonds. The molecule has 0 saturated heterocycles. The first kappa shape index (κ1) is 19.9. The molecule has 0 fully saturated rings. The lowest BCUT2D eigenvalue weighted by Crippen LogP contribution is -2.39. The SMILES string of the molecule is CCOC(=O)CN(C(=O)COC(=O)c1ccc(F)cc1N)c1ccccc1. The summed E-state index contributed by atoms with van der Waals surface area (Å²) in [6.45, 7) is 0.882. The zero-order valence-electron chi connectivity index (χ0n) is 14.7. The average molecular weight is 374 g/mol. The van der Waals surface area contributed by atoms with E-state index in [-0.39, 0.29) is 24.4 Å². The van der Waals surface area contributed by atoms with Gasteiger partial charge < -0.3 is 15.2 Å². The first-order valence-corrected chi connectivity index (χ1v) is 8.15. The number of halogens is 1. The maximum atomic E-state index is 13.1. The molecule has 0 saturated carbocycles. The minimum Gasteiger partial charge on any atom is -0.465 e. The third kappa shape index (κ3) is 5.53. The minimum absolute atomic E-state index is 0.0548. The lowest BCUT2D eigenvalue weighted by atomic mass is 10.2. The largest absolute Gasteiger partial charge is 0.465 e. The van der Waals surface area contributed by atoms with Crippen LogP contribution in [0.3, 0.4) is 0 Å². The second-order valence-electron chi connectivity index (χ2n) is 5.43. The maximum Gasteiger partial charge on any atom is 0.340 e. The van der Waals surface area contributed by atoms with Gasteiger partial charge in [-0.25, -0.2) is 9.18 Å². The van der Waals surface area contributed by atoms with Crippen LogP contribution in [0.15, 0.2) is 48.5 Å². The molecule has 0 spiro atoms.